The Hall–Kier alpha value is -1.10. The van der Waals surface area contributed by atoms with E-state index in [0.717, 1.165) is 38.6 Å². The van der Waals surface area contributed by atoms with Gasteiger partial charge in [-0.25, -0.2) is 4.79 Å². The lowest BCUT2D eigenvalue weighted by atomic mass is 10.1. The molecule has 0 aromatic carbocycles. The van der Waals surface area contributed by atoms with Crippen molar-refractivity contribution in [2.75, 3.05) is 20.2 Å². The number of esters is 1. The Kier molecular flexibility index (Phi) is 4.58. The van der Waals surface area contributed by atoms with Crippen LogP contribution in [-0.4, -0.2) is 49.1 Å². The van der Waals surface area contributed by atoms with Gasteiger partial charge in [0.25, 0.3) is 0 Å². The van der Waals surface area contributed by atoms with Crippen molar-refractivity contribution in [2.24, 2.45) is 0 Å². The van der Waals surface area contributed by atoms with Crippen molar-refractivity contribution in [3.63, 3.8) is 0 Å². The summed E-state index contributed by atoms with van der Waals surface area (Å²) in [5, 5.41) is 3.29. The zero-order valence-electron chi connectivity index (χ0n) is 11.0. The summed E-state index contributed by atoms with van der Waals surface area (Å²) in [6.45, 7) is 1.57. The van der Waals surface area contributed by atoms with Gasteiger partial charge in [-0.05, 0) is 32.2 Å². The van der Waals surface area contributed by atoms with E-state index in [9.17, 15) is 9.59 Å². The Morgan fingerprint density at radius 1 is 1.17 bits per heavy atom. The summed E-state index contributed by atoms with van der Waals surface area (Å²) >= 11 is 0. The van der Waals surface area contributed by atoms with Gasteiger partial charge in [0.2, 0.25) is 5.91 Å². The van der Waals surface area contributed by atoms with Crippen LogP contribution in [-0.2, 0) is 14.3 Å². The number of methoxy groups -OCH3 is 1. The highest BCUT2D eigenvalue weighted by molar-refractivity contribution is 5.88. The van der Waals surface area contributed by atoms with Gasteiger partial charge in [0.1, 0.15) is 6.04 Å². The Bertz CT molecular complexity index is 311. The molecule has 2 aliphatic heterocycles. The first kappa shape index (κ1) is 13.3. The Morgan fingerprint density at radius 3 is 2.78 bits per heavy atom. The van der Waals surface area contributed by atoms with Crippen LogP contribution in [0.15, 0.2) is 0 Å². The van der Waals surface area contributed by atoms with E-state index in [1.807, 2.05) is 0 Å². The summed E-state index contributed by atoms with van der Waals surface area (Å²) in [7, 11) is 1.38. The fourth-order valence-electron chi connectivity index (χ4n) is 2.85. The van der Waals surface area contributed by atoms with Crippen LogP contribution in [0.1, 0.15) is 38.5 Å². The number of amides is 1. The molecule has 2 heterocycles. The molecule has 0 aromatic heterocycles. The van der Waals surface area contributed by atoms with E-state index in [2.05, 4.69) is 5.32 Å². The van der Waals surface area contributed by atoms with E-state index in [0.29, 0.717) is 6.54 Å². The maximum absolute atomic E-state index is 12.4. The second-order valence-corrected chi connectivity index (χ2v) is 5.07. The predicted molar refractivity (Wildman–Crippen MR) is 67.0 cm³/mol. The van der Waals surface area contributed by atoms with Crippen molar-refractivity contribution < 1.29 is 14.3 Å². The van der Waals surface area contributed by atoms with Crippen LogP contribution in [0.2, 0.25) is 0 Å². The lowest BCUT2D eigenvalue weighted by molar-refractivity contribution is -0.151. The topological polar surface area (TPSA) is 58.6 Å². The number of carbonyl (C=O) groups is 2. The van der Waals surface area contributed by atoms with E-state index < -0.39 is 0 Å². The summed E-state index contributed by atoms with van der Waals surface area (Å²) in [4.78, 5) is 25.8. The van der Waals surface area contributed by atoms with Gasteiger partial charge in [-0.1, -0.05) is 12.8 Å². The maximum atomic E-state index is 12.4. The highest BCUT2D eigenvalue weighted by Gasteiger charge is 2.37. The minimum atomic E-state index is -0.368. The van der Waals surface area contributed by atoms with Gasteiger partial charge < -0.3 is 15.0 Å². The first-order valence-corrected chi connectivity index (χ1v) is 6.85. The summed E-state index contributed by atoms with van der Waals surface area (Å²) in [6, 6.07) is -0.481. The molecule has 5 nitrogen and oxygen atoms in total. The molecule has 0 spiro atoms. The van der Waals surface area contributed by atoms with E-state index in [-0.39, 0.29) is 24.0 Å². The number of hydrogen-bond acceptors (Lipinski definition) is 4. The van der Waals surface area contributed by atoms with E-state index in [1.54, 1.807) is 4.90 Å². The molecule has 18 heavy (non-hydrogen) atoms. The number of carbonyl (C=O) groups excluding carboxylic acids is 2. The van der Waals surface area contributed by atoms with Gasteiger partial charge in [-0.15, -0.1) is 0 Å². The molecule has 0 bridgehead atoms. The normalized spacial score (nSPS) is 28.8. The average Bonchev–Trinajstić information content (AvgIpc) is 2.72. The fourth-order valence-corrected chi connectivity index (χ4v) is 2.85. The molecule has 2 saturated heterocycles. The molecule has 2 aliphatic rings. The number of hydrogen-bond donors (Lipinski definition) is 1. The minimum Gasteiger partial charge on any atom is -0.467 e. The van der Waals surface area contributed by atoms with Gasteiger partial charge >= 0.3 is 5.97 Å². The zero-order chi connectivity index (χ0) is 13.0. The standard InChI is InChI=1S/C13H22N2O3/c1-18-13(17)11-7-5-9-15(11)12(16)10-6-3-2-4-8-14-10/h10-11,14H,2-9H2,1H3/t10-,11-/m0/s1. The molecule has 0 aliphatic carbocycles. The second kappa shape index (κ2) is 6.18. The number of nitrogens with zero attached hydrogens (tertiary/aromatic N) is 1. The third-order valence-corrected chi connectivity index (χ3v) is 3.87. The molecule has 0 unspecified atom stereocenters. The van der Waals surface area contributed by atoms with E-state index in [1.165, 1.54) is 13.5 Å². The molecule has 2 atom stereocenters. The van der Waals surface area contributed by atoms with Crippen LogP contribution in [0.5, 0.6) is 0 Å². The van der Waals surface area contributed by atoms with Crippen molar-refractivity contribution in [3.05, 3.63) is 0 Å². The highest BCUT2D eigenvalue weighted by Crippen LogP contribution is 2.21. The molecule has 0 saturated carbocycles. The van der Waals surface area contributed by atoms with Crippen molar-refractivity contribution in [1.82, 2.24) is 10.2 Å². The largest absolute Gasteiger partial charge is 0.467 e. The number of rotatable bonds is 2. The summed E-state index contributed by atoms with van der Waals surface area (Å²) in [5.41, 5.74) is 0. The molecule has 1 amide bonds. The molecular weight excluding hydrogens is 232 g/mol. The van der Waals surface area contributed by atoms with Crippen LogP contribution >= 0.6 is 0 Å². The molecule has 0 aromatic rings. The molecule has 2 fully saturated rings. The van der Waals surface area contributed by atoms with Gasteiger partial charge in [0.15, 0.2) is 0 Å². The van der Waals surface area contributed by atoms with Gasteiger partial charge in [0.05, 0.1) is 13.2 Å². The van der Waals surface area contributed by atoms with Gasteiger partial charge in [-0.3, -0.25) is 4.79 Å². The lowest BCUT2D eigenvalue weighted by Gasteiger charge is -2.27. The maximum Gasteiger partial charge on any atom is 0.328 e. The van der Waals surface area contributed by atoms with Gasteiger partial charge in [0, 0.05) is 6.54 Å². The average molecular weight is 254 g/mol. The third-order valence-electron chi connectivity index (χ3n) is 3.87. The van der Waals surface area contributed by atoms with Crippen LogP contribution in [0.25, 0.3) is 0 Å². The van der Waals surface area contributed by atoms with Crippen molar-refractivity contribution in [2.45, 2.75) is 50.6 Å². The summed E-state index contributed by atoms with van der Waals surface area (Å²) < 4.78 is 4.77. The Labute approximate surface area is 108 Å². The number of ether oxygens (including phenoxy) is 1. The van der Waals surface area contributed by atoms with E-state index in [4.69, 9.17) is 4.74 Å². The smallest absolute Gasteiger partial charge is 0.328 e. The second-order valence-electron chi connectivity index (χ2n) is 5.07. The van der Waals surface area contributed by atoms with Crippen molar-refractivity contribution in [3.8, 4) is 0 Å². The first-order chi connectivity index (χ1) is 8.74. The van der Waals surface area contributed by atoms with Crippen molar-refractivity contribution >= 4 is 11.9 Å². The van der Waals surface area contributed by atoms with Crippen LogP contribution in [0, 0.1) is 0 Å². The van der Waals surface area contributed by atoms with E-state index >= 15 is 0 Å². The minimum absolute atomic E-state index is 0.0739. The molecule has 0 radical (unpaired) electrons. The molecule has 5 heteroatoms. The fraction of sp³-hybridized carbons (Fsp3) is 0.846. The molecule has 1 N–H and O–H groups in total. The number of nitrogens with one attached hydrogen (secondary N) is 1. The molecule has 2 rings (SSSR count). The molecule has 102 valence electrons. The monoisotopic (exact) mass is 254 g/mol. The highest BCUT2D eigenvalue weighted by atomic mass is 16.5. The zero-order valence-corrected chi connectivity index (χ0v) is 11.0. The van der Waals surface area contributed by atoms with Crippen LogP contribution < -0.4 is 5.32 Å². The Balaban J connectivity index is 2.00. The quantitative estimate of drug-likeness (QED) is 0.736. The van der Waals surface area contributed by atoms with Crippen LogP contribution in [0.3, 0.4) is 0 Å². The summed E-state index contributed by atoms with van der Waals surface area (Å²) in [5.74, 6) is -0.209. The first-order valence-electron chi connectivity index (χ1n) is 6.85. The summed E-state index contributed by atoms with van der Waals surface area (Å²) in [6.07, 6.45) is 5.88. The lowest BCUT2D eigenvalue weighted by Crippen LogP contribution is -2.50. The molecular formula is C13H22N2O3. The SMILES string of the molecule is COC(=O)[C@@H]1CCCN1C(=O)[C@@H]1CCCCCN1. The Morgan fingerprint density at radius 2 is 2.00 bits per heavy atom. The van der Waals surface area contributed by atoms with Gasteiger partial charge in [-0.2, -0.15) is 0 Å². The van der Waals surface area contributed by atoms with Crippen molar-refractivity contribution in [1.29, 1.82) is 0 Å². The third kappa shape index (κ3) is 2.83. The number of likely N-dealkylation sites (tertiary alicyclic amines) is 1. The predicted octanol–water partition coefficient (Wildman–Crippen LogP) is 0.683. The van der Waals surface area contributed by atoms with Crippen LogP contribution in [0.4, 0.5) is 0 Å².